The van der Waals surface area contributed by atoms with Gasteiger partial charge in [0.05, 0.1) is 16.8 Å². The number of H-pyrrole nitrogens is 1. The van der Waals surface area contributed by atoms with Crippen LogP contribution in [0.15, 0.2) is 18.2 Å². The lowest BCUT2D eigenvalue weighted by atomic mass is 10.0. The highest BCUT2D eigenvalue weighted by atomic mass is 35.5. The number of aryl methyl sites for hydroxylation is 2. The lowest BCUT2D eigenvalue weighted by Gasteiger charge is -2.25. The third-order valence-corrected chi connectivity index (χ3v) is 3.96. The first-order valence-corrected chi connectivity index (χ1v) is 6.94. The first kappa shape index (κ1) is 15.5. The molecule has 0 aliphatic heterocycles. The average molecular weight is 310 g/mol. The Hall–Kier alpha value is -1.88. The van der Waals surface area contributed by atoms with Gasteiger partial charge in [-0.3, -0.25) is 9.89 Å². The predicted octanol–water partition coefficient (Wildman–Crippen LogP) is 3.65. The lowest BCUT2D eigenvalue weighted by Crippen LogP contribution is -2.30. The summed E-state index contributed by atoms with van der Waals surface area (Å²) in [4.78, 5) is 14.1. The normalized spacial score (nSPS) is 12.3. The summed E-state index contributed by atoms with van der Waals surface area (Å²) in [6.45, 7) is 5.73. The molecular formula is C15H17ClFN3O. The number of rotatable bonds is 3. The second-order valence-corrected chi connectivity index (χ2v) is 5.48. The van der Waals surface area contributed by atoms with E-state index in [1.165, 1.54) is 18.2 Å². The van der Waals surface area contributed by atoms with Crippen LogP contribution in [0, 0.1) is 19.7 Å². The summed E-state index contributed by atoms with van der Waals surface area (Å²) in [6.07, 6.45) is 0. The molecule has 2 aromatic rings. The summed E-state index contributed by atoms with van der Waals surface area (Å²) in [7, 11) is 1.70. The number of amides is 1. The second kappa shape index (κ2) is 5.85. The quantitative estimate of drug-likeness (QED) is 0.940. The standard InChI is InChI=1S/C15H17ClFN3O/c1-8-14(9(2)19-18-8)10(3)20(4)15(21)11-5-6-13(17)12(16)7-11/h5-7,10H,1-4H3,(H,18,19)/t10-/m1/s1. The first-order chi connectivity index (χ1) is 9.82. The third kappa shape index (κ3) is 2.93. The minimum absolute atomic E-state index is 0.0578. The number of benzene rings is 1. The van der Waals surface area contributed by atoms with Crippen LogP contribution in [0.25, 0.3) is 0 Å². The van der Waals surface area contributed by atoms with E-state index in [2.05, 4.69) is 10.2 Å². The van der Waals surface area contributed by atoms with Crippen LogP contribution >= 0.6 is 11.6 Å². The van der Waals surface area contributed by atoms with Gasteiger partial charge < -0.3 is 4.90 Å². The molecule has 1 atom stereocenters. The van der Waals surface area contributed by atoms with Crippen LogP contribution in [0.5, 0.6) is 0 Å². The topological polar surface area (TPSA) is 49.0 Å². The van der Waals surface area contributed by atoms with Gasteiger partial charge in [-0.1, -0.05) is 11.6 Å². The molecule has 0 fully saturated rings. The van der Waals surface area contributed by atoms with E-state index in [-0.39, 0.29) is 17.0 Å². The van der Waals surface area contributed by atoms with Crippen molar-refractivity contribution in [2.75, 3.05) is 7.05 Å². The van der Waals surface area contributed by atoms with E-state index >= 15 is 0 Å². The largest absolute Gasteiger partial charge is 0.335 e. The Labute approximate surface area is 127 Å². The Morgan fingerprint density at radius 1 is 1.43 bits per heavy atom. The Balaban J connectivity index is 2.28. The minimum atomic E-state index is -0.537. The smallest absolute Gasteiger partial charge is 0.254 e. The number of aromatic nitrogens is 2. The van der Waals surface area contributed by atoms with Gasteiger partial charge in [-0.25, -0.2) is 4.39 Å². The monoisotopic (exact) mass is 309 g/mol. The molecule has 0 saturated carbocycles. The molecule has 1 N–H and O–H groups in total. The van der Waals surface area contributed by atoms with Crippen LogP contribution < -0.4 is 0 Å². The highest BCUT2D eigenvalue weighted by molar-refractivity contribution is 6.31. The maximum Gasteiger partial charge on any atom is 0.254 e. The van der Waals surface area contributed by atoms with Crippen LogP contribution in [0.4, 0.5) is 4.39 Å². The average Bonchev–Trinajstić information content (AvgIpc) is 2.79. The lowest BCUT2D eigenvalue weighted by molar-refractivity contribution is 0.0742. The van der Waals surface area contributed by atoms with Crippen molar-refractivity contribution in [3.8, 4) is 0 Å². The Bertz CT molecular complexity index is 664. The van der Waals surface area contributed by atoms with Crippen LogP contribution in [-0.2, 0) is 0 Å². The number of hydrogen-bond donors (Lipinski definition) is 1. The molecule has 1 aromatic heterocycles. The van der Waals surface area contributed by atoms with Gasteiger partial charge in [-0.05, 0) is 39.0 Å². The molecule has 0 aliphatic rings. The van der Waals surface area contributed by atoms with Crippen molar-refractivity contribution in [3.05, 3.63) is 51.6 Å². The van der Waals surface area contributed by atoms with Gasteiger partial charge in [0.2, 0.25) is 0 Å². The highest BCUT2D eigenvalue weighted by Crippen LogP contribution is 2.26. The zero-order valence-electron chi connectivity index (χ0n) is 12.4. The number of aromatic amines is 1. The predicted molar refractivity (Wildman–Crippen MR) is 80.0 cm³/mol. The molecule has 1 aromatic carbocycles. The number of nitrogens with zero attached hydrogens (tertiary/aromatic N) is 2. The molecule has 0 saturated heterocycles. The summed E-state index contributed by atoms with van der Waals surface area (Å²) in [5.74, 6) is -0.755. The minimum Gasteiger partial charge on any atom is -0.335 e. The zero-order chi connectivity index (χ0) is 15.7. The molecule has 0 bridgehead atoms. The van der Waals surface area contributed by atoms with E-state index in [0.717, 1.165) is 17.0 Å². The van der Waals surface area contributed by atoms with Crippen molar-refractivity contribution < 1.29 is 9.18 Å². The van der Waals surface area contributed by atoms with Crippen LogP contribution in [0.2, 0.25) is 5.02 Å². The van der Waals surface area contributed by atoms with Crippen molar-refractivity contribution in [1.82, 2.24) is 15.1 Å². The van der Waals surface area contributed by atoms with Gasteiger partial charge in [0.25, 0.3) is 5.91 Å². The Kier molecular flexibility index (Phi) is 4.32. The van der Waals surface area contributed by atoms with E-state index in [1.54, 1.807) is 11.9 Å². The molecule has 1 amide bonds. The molecule has 21 heavy (non-hydrogen) atoms. The van der Waals surface area contributed by atoms with Crippen molar-refractivity contribution >= 4 is 17.5 Å². The summed E-state index contributed by atoms with van der Waals surface area (Å²) >= 11 is 5.73. The van der Waals surface area contributed by atoms with Gasteiger partial charge in [0.15, 0.2) is 0 Å². The molecule has 4 nitrogen and oxygen atoms in total. The number of hydrogen-bond acceptors (Lipinski definition) is 2. The summed E-state index contributed by atoms with van der Waals surface area (Å²) in [5.41, 5.74) is 3.13. The number of nitrogens with one attached hydrogen (secondary N) is 1. The SMILES string of the molecule is Cc1n[nH]c(C)c1[C@@H](C)N(C)C(=O)c1ccc(F)c(Cl)c1. The summed E-state index contributed by atoms with van der Waals surface area (Å²) < 4.78 is 13.2. The Morgan fingerprint density at radius 2 is 2.10 bits per heavy atom. The van der Waals surface area contributed by atoms with Gasteiger partial charge in [-0.2, -0.15) is 5.10 Å². The first-order valence-electron chi connectivity index (χ1n) is 6.56. The molecule has 2 rings (SSSR count). The zero-order valence-corrected chi connectivity index (χ0v) is 13.1. The van der Waals surface area contributed by atoms with Crippen LogP contribution in [0.3, 0.4) is 0 Å². The van der Waals surface area contributed by atoms with E-state index in [9.17, 15) is 9.18 Å². The van der Waals surface area contributed by atoms with Crippen LogP contribution in [-0.4, -0.2) is 28.1 Å². The molecule has 0 radical (unpaired) electrons. The van der Waals surface area contributed by atoms with Crippen molar-refractivity contribution in [2.45, 2.75) is 26.8 Å². The van der Waals surface area contributed by atoms with Crippen molar-refractivity contribution in [1.29, 1.82) is 0 Å². The molecule has 0 aliphatic carbocycles. The van der Waals surface area contributed by atoms with E-state index in [0.29, 0.717) is 5.56 Å². The highest BCUT2D eigenvalue weighted by Gasteiger charge is 2.23. The maximum atomic E-state index is 13.2. The number of halogens is 2. The van der Waals surface area contributed by atoms with Crippen molar-refractivity contribution in [2.24, 2.45) is 0 Å². The van der Waals surface area contributed by atoms with Gasteiger partial charge in [0.1, 0.15) is 5.82 Å². The van der Waals surface area contributed by atoms with Crippen molar-refractivity contribution in [3.63, 3.8) is 0 Å². The fraction of sp³-hybridized carbons (Fsp3) is 0.333. The molecule has 0 unspecified atom stereocenters. The second-order valence-electron chi connectivity index (χ2n) is 5.07. The molecular weight excluding hydrogens is 293 g/mol. The fourth-order valence-corrected chi connectivity index (χ4v) is 2.56. The van der Waals surface area contributed by atoms with E-state index in [4.69, 9.17) is 11.6 Å². The van der Waals surface area contributed by atoms with Gasteiger partial charge in [-0.15, -0.1) is 0 Å². The number of carbonyl (C=O) groups excluding carboxylic acids is 1. The molecule has 0 spiro atoms. The van der Waals surface area contributed by atoms with Crippen LogP contribution in [0.1, 0.15) is 40.3 Å². The fourth-order valence-electron chi connectivity index (χ4n) is 2.38. The van der Waals surface area contributed by atoms with E-state index in [1.807, 2.05) is 20.8 Å². The molecule has 6 heteroatoms. The molecule has 1 heterocycles. The van der Waals surface area contributed by atoms with E-state index < -0.39 is 5.82 Å². The molecule has 112 valence electrons. The Morgan fingerprint density at radius 3 is 2.62 bits per heavy atom. The number of carbonyl (C=O) groups is 1. The summed E-state index contributed by atoms with van der Waals surface area (Å²) in [5, 5.41) is 7.00. The summed E-state index contributed by atoms with van der Waals surface area (Å²) in [6, 6.07) is 3.82. The third-order valence-electron chi connectivity index (χ3n) is 3.67. The van der Waals surface area contributed by atoms with Gasteiger partial charge in [0, 0.05) is 23.9 Å². The van der Waals surface area contributed by atoms with Gasteiger partial charge >= 0.3 is 0 Å². The maximum absolute atomic E-state index is 13.2.